The van der Waals surface area contributed by atoms with Gasteiger partial charge in [-0.3, -0.25) is 4.68 Å². The summed E-state index contributed by atoms with van der Waals surface area (Å²) in [5.41, 5.74) is 3.65. The molecule has 3 heteroatoms. The molecule has 1 unspecified atom stereocenters. The molecule has 0 amide bonds. The molecule has 3 aromatic rings. The Morgan fingerprint density at radius 1 is 1.00 bits per heavy atom. The van der Waals surface area contributed by atoms with Crippen LogP contribution in [0.2, 0.25) is 0 Å². The quantitative estimate of drug-likeness (QED) is 0.768. The van der Waals surface area contributed by atoms with Gasteiger partial charge in [0, 0.05) is 13.2 Å². The maximum absolute atomic E-state index is 4.22. The molecule has 0 radical (unpaired) electrons. The number of rotatable bonds is 5. The third-order valence-electron chi connectivity index (χ3n) is 3.53. The fourth-order valence-corrected chi connectivity index (χ4v) is 2.48. The Bertz CT molecular complexity index is 674. The van der Waals surface area contributed by atoms with E-state index >= 15 is 0 Å². The molecule has 1 N–H and O–H groups in total. The lowest BCUT2D eigenvalue weighted by Crippen LogP contribution is -2.13. The predicted octanol–water partition coefficient (Wildman–Crippen LogP) is 3.82. The maximum Gasteiger partial charge on any atom is 0.0731 e. The van der Waals surface area contributed by atoms with Gasteiger partial charge >= 0.3 is 0 Å². The van der Waals surface area contributed by atoms with E-state index < -0.39 is 0 Å². The number of aryl methyl sites for hydroxylation is 1. The standard InChI is InChI=1S/C18H19N3/c1-21-14-17(13-19-21)20-18(16-10-6-3-7-11-16)12-15-8-4-2-5-9-15/h2-11,13-14,18,20H,12H2,1H3. The number of nitrogens with zero attached hydrogens (tertiary/aromatic N) is 2. The van der Waals surface area contributed by atoms with Crippen molar-refractivity contribution < 1.29 is 0 Å². The second kappa shape index (κ2) is 6.27. The van der Waals surface area contributed by atoms with Crippen molar-refractivity contribution in [3.63, 3.8) is 0 Å². The molecule has 1 aromatic heterocycles. The summed E-state index contributed by atoms with van der Waals surface area (Å²) in [5, 5.41) is 7.81. The number of hydrogen-bond donors (Lipinski definition) is 1. The molecule has 0 saturated carbocycles. The highest BCUT2D eigenvalue weighted by atomic mass is 15.3. The Kier molecular flexibility index (Phi) is 4.01. The highest BCUT2D eigenvalue weighted by Gasteiger charge is 2.12. The van der Waals surface area contributed by atoms with Crippen molar-refractivity contribution in [3.05, 3.63) is 84.2 Å². The number of nitrogens with one attached hydrogen (secondary N) is 1. The molecule has 1 atom stereocenters. The second-order valence-corrected chi connectivity index (χ2v) is 5.20. The summed E-state index contributed by atoms with van der Waals surface area (Å²) < 4.78 is 1.81. The van der Waals surface area contributed by atoms with Crippen molar-refractivity contribution in [2.45, 2.75) is 12.5 Å². The maximum atomic E-state index is 4.22. The Morgan fingerprint density at radius 2 is 1.67 bits per heavy atom. The van der Waals surface area contributed by atoms with E-state index in [4.69, 9.17) is 0 Å². The van der Waals surface area contributed by atoms with Crippen LogP contribution in [0.5, 0.6) is 0 Å². The molecule has 0 aliphatic rings. The Morgan fingerprint density at radius 3 is 2.29 bits per heavy atom. The van der Waals surface area contributed by atoms with Gasteiger partial charge in [0.1, 0.15) is 0 Å². The molecule has 1 heterocycles. The van der Waals surface area contributed by atoms with E-state index in [0.29, 0.717) is 0 Å². The molecular weight excluding hydrogens is 258 g/mol. The van der Waals surface area contributed by atoms with Crippen molar-refractivity contribution >= 4 is 5.69 Å². The van der Waals surface area contributed by atoms with E-state index in [0.717, 1.165) is 12.1 Å². The van der Waals surface area contributed by atoms with Crippen LogP contribution >= 0.6 is 0 Å². The highest BCUT2D eigenvalue weighted by molar-refractivity contribution is 5.42. The first-order valence-electron chi connectivity index (χ1n) is 7.15. The summed E-state index contributed by atoms with van der Waals surface area (Å²) in [7, 11) is 1.93. The minimum absolute atomic E-state index is 0.234. The fraction of sp³-hybridized carbons (Fsp3) is 0.167. The number of benzene rings is 2. The van der Waals surface area contributed by atoms with Crippen LogP contribution in [0.1, 0.15) is 17.2 Å². The average Bonchev–Trinajstić information content (AvgIpc) is 2.94. The van der Waals surface area contributed by atoms with Gasteiger partial charge in [0.25, 0.3) is 0 Å². The molecule has 0 saturated heterocycles. The first-order valence-corrected chi connectivity index (χ1v) is 7.15. The van der Waals surface area contributed by atoms with Crippen molar-refractivity contribution in [3.8, 4) is 0 Å². The fourth-order valence-electron chi connectivity index (χ4n) is 2.48. The zero-order valence-electron chi connectivity index (χ0n) is 12.1. The van der Waals surface area contributed by atoms with Crippen molar-refractivity contribution in [1.82, 2.24) is 9.78 Å². The summed E-state index contributed by atoms with van der Waals surface area (Å²) in [6, 6.07) is 21.3. The van der Waals surface area contributed by atoms with Crippen LogP contribution in [0.25, 0.3) is 0 Å². The van der Waals surface area contributed by atoms with Crippen LogP contribution in [-0.4, -0.2) is 9.78 Å². The Hall–Kier alpha value is -2.55. The SMILES string of the molecule is Cn1cc(NC(Cc2ccccc2)c2ccccc2)cn1. The van der Waals surface area contributed by atoms with E-state index in [9.17, 15) is 0 Å². The zero-order valence-corrected chi connectivity index (χ0v) is 12.1. The summed E-state index contributed by atoms with van der Waals surface area (Å²) in [6.45, 7) is 0. The zero-order chi connectivity index (χ0) is 14.5. The molecule has 0 fully saturated rings. The van der Waals surface area contributed by atoms with Gasteiger partial charge in [0.15, 0.2) is 0 Å². The van der Waals surface area contributed by atoms with Crippen LogP contribution in [0.4, 0.5) is 5.69 Å². The number of hydrogen-bond acceptors (Lipinski definition) is 2. The van der Waals surface area contributed by atoms with Crippen LogP contribution < -0.4 is 5.32 Å². The van der Waals surface area contributed by atoms with Gasteiger partial charge in [0.2, 0.25) is 0 Å². The molecular formula is C18H19N3. The van der Waals surface area contributed by atoms with Crippen molar-refractivity contribution in [1.29, 1.82) is 0 Å². The van der Waals surface area contributed by atoms with Gasteiger partial charge in [-0.1, -0.05) is 60.7 Å². The van der Waals surface area contributed by atoms with Gasteiger partial charge in [-0.25, -0.2) is 0 Å². The van der Waals surface area contributed by atoms with Crippen LogP contribution in [0.3, 0.4) is 0 Å². The minimum Gasteiger partial charge on any atom is -0.375 e. The normalized spacial score (nSPS) is 12.0. The molecule has 0 bridgehead atoms. The topological polar surface area (TPSA) is 29.9 Å². The van der Waals surface area contributed by atoms with Crippen LogP contribution in [0, 0.1) is 0 Å². The second-order valence-electron chi connectivity index (χ2n) is 5.20. The monoisotopic (exact) mass is 277 g/mol. The summed E-state index contributed by atoms with van der Waals surface area (Å²) >= 11 is 0. The van der Waals surface area contributed by atoms with Crippen LogP contribution in [-0.2, 0) is 13.5 Å². The third-order valence-corrected chi connectivity index (χ3v) is 3.53. The molecule has 0 aliphatic heterocycles. The van der Waals surface area contributed by atoms with E-state index in [1.807, 2.05) is 30.2 Å². The number of aromatic nitrogens is 2. The van der Waals surface area contributed by atoms with Gasteiger partial charge in [-0.05, 0) is 17.5 Å². The molecule has 21 heavy (non-hydrogen) atoms. The van der Waals surface area contributed by atoms with Crippen molar-refractivity contribution in [2.75, 3.05) is 5.32 Å². The molecule has 2 aromatic carbocycles. The molecule has 3 rings (SSSR count). The van der Waals surface area contributed by atoms with Gasteiger partial charge in [-0.15, -0.1) is 0 Å². The van der Waals surface area contributed by atoms with E-state index in [2.05, 4.69) is 65.0 Å². The van der Waals surface area contributed by atoms with Gasteiger partial charge in [0.05, 0.1) is 17.9 Å². The number of anilines is 1. The molecule has 106 valence electrons. The van der Waals surface area contributed by atoms with Crippen LogP contribution in [0.15, 0.2) is 73.1 Å². The molecule has 0 spiro atoms. The summed E-state index contributed by atoms with van der Waals surface area (Å²) in [6.07, 6.45) is 4.81. The van der Waals surface area contributed by atoms with E-state index in [1.165, 1.54) is 11.1 Å². The van der Waals surface area contributed by atoms with E-state index in [-0.39, 0.29) is 6.04 Å². The smallest absolute Gasteiger partial charge is 0.0731 e. The lowest BCUT2D eigenvalue weighted by atomic mass is 9.99. The Labute approximate surface area is 125 Å². The third kappa shape index (κ3) is 3.51. The van der Waals surface area contributed by atoms with E-state index in [1.54, 1.807) is 0 Å². The van der Waals surface area contributed by atoms with Gasteiger partial charge < -0.3 is 5.32 Å². The minimum atomic E-state index is 0.234. The lowest BCUT2D eigenvalue weighted by molar-refractivity contribution is 0.764. The predicted molar refractivity (Wildman–Crippen MR) is 86.2 cm³/mol. The molecule has 0 aliphatic carbocycles. The summed E-state index contributed by atoms with van der Waals surface area (Å²) in [4.78, 5) is 0. The highest BCUT2D eigenvalue weighted by Crippen LogP contribution is 2.23. The summed E-state index contributed by atoms with van der Waals surface area (Å²) in [5.74, 6) is 0. The Balaban J connectivity index is 1.84. The van der Waals surface area contributed by atoms with Crippen molar-refractivity contribution in [2.24, 2.45) is 7.05 Å². The first-order chi connectivity index (χ1) is 10.3. The first kappa shape index (κ1) is 13.4. The molecule has 3 nitrogen and oxygen atoms in total. The average molecular weight is 277 g/mol. The largest absolute Gasteiger partial charge is 0.375 e. The lowest BCUT2D eigenvalue weighted by Gasteiger charge is -2.19. The van der Waals surface area contributed by atoms with Gasteiger partial charge in [-0.2, -0.15) is 5.10 Å².